The summed E-state index contributed by atoms with van der Waals surface area (Å²) in [5.74, 6) is 0.618. The second-order valence-electron chi connectivity index (χ2n) is 8.66. The van der Waals surface area contributed by atoms with Gasteiger partial charge in [0, 0.05) is 30.1 Å². The monoisotopic (exact) mass is 365 g/mol. The molecule has 2 aromatic rings. The zero-order valence-corrected chi connectivity index (χ0v) is 17.8. The minimum Gasteiger partial charge on any atom is -0.370 e. The molecule has 3 rings (SSSR count). The summed E-state index contributed by atoms with van der Waals surface area (Å²) in [5.41, 5.74) is 2.98. The van der Waals surface area contributed by atoms with Gasteiger partial charge in [-0.3, -0.25) is 0 Å². The standard InChI is InChI=1S/C26H39N/c1-4-5-6-7-8-9-10-11-12-13-19-24-21(2)23-18-14-16-22-17-15-20-25(26(22)23)27(24)3/h14-18,20-21,24H,4-13,19H2,1-3H3. The fraction of sp³-hybridized carbons (Fsp3) is 0.615. The second kappa shape index (κ2) is 10.2. The number of likely N-dealkylation sites (N-methyl/N-ethyl adjacent to an activating group) is 1. The largest absolute Gasteiger partial charge is 0.370 e. The molecule has 0 spiro atoms. The predicted octanol–water partition coefficient (Wildman–Crippen LogP) is 8.07. The number of anilines is 1. The van der Waals surface area contributed by atoms with Crippen molar-refractivity contribution in [2.45, 2.75) is 96.4 Å². The van der Waals surface area contributed by atoms with E-state index in [9.17, 15) is 0 Å². The summed E-state index contributed by atoms with van der Waals surface area (Å²) in [4.78, 5) is 2.56. The van der Waals surface area contributed by atoms with Crippen LogP contribution in [0.5, 0.6) is 0 Å². The van der Waals surface area contributed by atoms with Crippen molar-refractivity contribution in [2.24, 2.45) is 0 Å². The van der Waals surface area contributed by atoms with Crippen LogP contribution in [0.4, 0.5) is 5.69 Å². The van der Waals surface area contributed by atoms with E-state index in [-0.39, 0.29) is 0 Å². The third kappa shape index (κ3) is 4.86. The third-order valence-corrected chi connectivity index (χ3v) is 6.71. The smallest absolute Gasteiger partial charge is 0.0448 e. The SMILES string of the molecule is CCCCCCCCCCCCC1C(C)c2cccc3cccc(c23)N1C. The molecule has 2 atom stereocenters. The first kappa shape index (κ1) is 20.2. The van der Waals surface area contributed by atoms with Crippen LogP contribution >= 0.6 is 0 Å². The highest BCUT2D eigenvalue weighted by Gasteiger charge is 2.30. The van der Waals surface area contributed by atoms with Crippen LogP contribution in [0, 0.1) is 0 Å². The van der Waals surface area contributed by atoms with Gasteiger partial charge in [0.15, 0.2) is 0 Å². The maximum atomic E-state index is 2.56. The van der Waals surface area contributed by atoms with Crippen molar-refractivity contribution < 1.29 is 0 Å². The molecule has 148 valence electrons. The Hall–Kier alpha value is -1.50. The van der Waals surface area contributed by atoms with E-state index in [0.29, 0.717) is 12.0 Å². The van der Waals surface area contributed by atoms with Gasteiger partial charge in [-0.25, -0.2) is 0 Å². The number of unbranched alkanes of at least 4 members (excludes halogenated alkanes) is 9. The normalized spacial score (nSPS) is 19.0. The highest BCUT2D eigenvalue weighted by atomic mass is 15.1. The molecular weight excluding hydrogens is 326 g/mol. The van der Waals surface area contributed by atoms with Gasteiger partial charge in [-0.2, -0.15) is 0 Å². The van der Waals surface area contributed by atoms with Crippen molar-refractivity contribution in [1.29, 1.82) is 0 Å². The molecule has 0 saturated carbocycles. The lowest BCUT2D eigenvalue weighted by Crippen LogP contribution is -2.38. The molecule has 1 heterocycles. The van der Waals surface area contributed by atoms with E-state index in [4.69, 9.17) is 0 Å². The van der Waals surface area contributed by atoms with Gasteiger partial charge >= 0.3 is 0 Å². The molecule has 0 radical (unpaired) electrons. The number of hydrogen-bond acceptors (Lipinski definition) is 1. The fourth-order valence-electron chi connectivity index (χ4n) is 5.03. The van der Waals surface area contributed by atoms with Crippen molar-refractivity contribution >= 4 is 16.5 Å². The Morgan fingerprint density at radius 2 is 1.37 bits per heavy atom. The average Bonchev–Trinajstić information content (AvgIpc) is 2.69. The van der Waals surface area contributed by atoms with E-state index in [0.717, 1.165) is 0 Å². The Bertz CT molecular complexity index is 660. The van der Waals surface area contributed by atoms with Gasteiger partial charge in [0.1, 0.15) is 0 Å². The van der Waals surface area contributed by atoms with Crippen molar-refractivity contribution in [2.75, 3.05) is 11.9 Å². The fourth-order valence-corrected chi connectivity index (χ4v) is 5.03. The summed E-state index contributed by atoms with van der Waals surface area (Å²) in [6.07, 6.45) is 15.5. The Morgan fingerprint density at radius 3 is 2.04 bits per heavy atom. The van der Waals surface area contributed by atoms with E-state index in [1.54, 1.807) is 5.56 Å². The lowest BCUT2D eigenvalue weighted by atomic mass is 9.82. The molecule has 27 heavy (non-hydrogen) atoms. The van der Waals surface area contributed by atoms with Gasteiger partial charge < -0.3 is 4.90 Å². The summed E-state index contributed by atoms with van der Waals surface area (Å²) in [6.45, 7) is 4.73. The van der Waals surface area contributed by atoms with Crippen LogP contribution in [0.15, 0.2) is 36.4 Å². The van der Waals surface area contributed by atoms with E-state index in [2.05, 4.69) is 62.2 Å². The van der Waals surface area contributed by atoms with Gasteiger partial charge in [0.2, 0.25) is 0 Å². The van der Waals surface area contributed by atoms with Gasteiger partial charge in [-0.1, -0.05) is 108 Å². The number of rotatable bonds is 11. The Labute approximate surface area is 167 Å². The summed E-state index contributed by atoms with van der Waals surface area (Å²) in [7, 11) is 2.31. The molecule has 1 heteroatoms. The van der Waals surface area contributed by atoms with E-state index in [1.807, 2.05) is 0 Å². The molecule has 1 nitrogen and oxygen atoms in total. The van der Waals surface area contributed by atoms with Gasteiger partial charge in [-0.15, -0.1) is 0 Å². The lowest BCUT2D eigenvalue weighted by Gasteiger charge is -2.40. The molecule has 0 N–H and O–H groups in total. The molecule has 0 saturated heterocycles. The zero-order chi connectivity index (χ0) is 19.1. The topological polar surface area (TPSA) is 3.24 Å². The zero-order valence-electron chi connectivity index (χ0n) is 17.8. The van der Waals surface area contributed by atoms with E-state index < -0.39 is 0 Å². The van der Waals surface area contributed by atoms with Crippen LogP contribution in [0.25, 0.3) is 10.8 Å². The van der Waals surface area contributed by atoms with Gasteiger partial charge in [0.25, 0.3) is 0 Å². The van der Waals surface area contributed by atoms with Gasteiger partial charge in [0.05, 0.1) is 0 Å². The maximum absolute atomic E-state index is 2.56. The summed E-state index contributed by atoms with van der Waals surface area (Å²) in [5, 5.41) is 2.87. The molecule has 0 aliphatic carbocycles. The van der Waals surface area contributed by atoms with Crippen LogP contribution in [-0.4, -0.2) is 13.1 Å². The highest BCUT2D eigenvalue weighted by Crippen LogP contribution is 2.42. The Morgan fingerprint density at radius 1 is 0.778 bits per heavy atom. The number of hydrogen-bond donors (Lipinski definition) is 0. The summed E-state index contributed by atoms with van der Waals surface area (Å²) >= 11 is 0. The quantitative estimate of drug-likeness (QED) is 0.364. The first-order valence-corrected chi connectivity index (χ1v) is 11.5. The van der Waals surface area contributed by atoms with Crippen LogP contribution in [0.3, 0.4) is 0 Å². The Balaban J connectivity index is 1.45. The minimum absolute atomic E-state index is 0.618. The minimum atomic E-state index is 0.618. The summed E-state index contributed by atoms with van der Waals surface area (Å²) < 4.78 is 0. The first-order chi connectivity index (χ1) is 13.2. The van der Waals surface area contributed by atoms with E-state index >= 15 is 0 Å². The number of nitrogens with zero attached hydrogens (tertiary/aromatic N) is 1. The molecule has 2 unspecified atom stereocenters. The van der Waals surface area contributed by atoms with Crippen molar-refractivity contribution in [3.05, 3.63) is 42.0 Å². The molecule has 0 aromatic heterocycles. The molecule has 1 aliphatic heterocycles. The number of benzene rings is 2. The average molecular weight is 366 g/mol. The predicted molar refractivity (Wildman–Crippen MR) is 121 cm³/mol. The van der Waals surface area contributed by atoms with Crippen molar-refractivity contribution in [3.63, 3.8) is 0 Å². The van der Waals surface area contributed by atoms with Crippen molar-refractivity contribution in [3.8, 4) is 0 Å². The molecule has 0 amide bonds. The van der Waals surface area contributed by atoms with Gasteiger partial charge in [-0.05, 0) is 23.4 Å². The third-order valence-electron chi connectivity index (χ3n) is 6.71. The molecule has 0 fully saturated rings. The molecule has 0 bridgehead atoms. The molecule has 1 aliphatic rings. The van der Waals surface area contributed by atoms with Crippen LogP contribution < -0.4 is 4.90 Å². The van der Waals surface area contributed by atoms with Crippen LogP contribution in [-0.2, 0) is 0 Å². The summed E-state index contributed by atoms with van der Waals surface area (Å²) in [6, 6.07) is 14.3. The maximum Gasteiger partial charge on any atom is 0.0448 e. The van der Waals surface area contributed by atoms with Crippen molar-refractivity contribution in [1.82, 2.24) is 0 Å². The highest BCUT2D eigenvalue weighted by molar-refractivity contribution is 5.98. The van der Waals surface area contributed by atoms with Crippen LogP contribution in [0.2, 0.25) is 0 Å². The van der Waals surface area contributed by atoms with Crippen LogP contribution in [0.1, 0.15) is 96.0 Å². The lowest BCUT2D eigenvalue weighted by molar-refractivity contribution is 0.464. The Kier molecular flexibility index (Phi) is 7.61. The molecular formula is C26H39N. The van der Waals surface area contributed by atoms with E-state index in [1.165, 1.54) is 87.1 Å². The second-order valence-corrected chi connectivity index (χ2v) is 8.66. The first-order valence-electron chi connectivity index (χ1n) is 11.5. The molecule has 2 aromatic carbocycles.